The number of pyridine rings is 1. The van der Waals surface area contributed by atoms with Crippen molar-refractivity contribution in [3.05, 3.63) is 77.0 Å². The third-order valence-electron chi connectivity index (χ3n) is 7.40. The van der Waals surface area contributed by atoms with Crippen molar-refractivity contribution >= 4 is 11.6 Å². The van der Waals surface area contributed by atoms with E-state index in [0.717, 1.165) is 6.20 Å². The second-order valence-corrected chi connectivity index (χ2v) is 9.88. The fourth-order valence-corrected chi connectivity index (χ4v) is 5.36. The van der Waals surface area contributed by atoms with E-state index >= 15 is 0 Å². The summed E-state index contributed by atoms with van der Waals surface area (Å²) in [7, 11) is 1.42. The van der Waals surface area contributed by atoms with Gasteiger partial charge in [0.25, 0.3) is 5.91 Å². The van der Waals surface area contributed by atoms with Crippen LogP contribution in [0, 0.1) is 12.7 Å². The van der Waals surface area contributed by atoms with E-state index in [1.165, 1.54) is 37.3 Å². The molecule has 0 bridgehead atoms. The molecule has 5 rings (SSSR count). The van der Waals surface area contributed by atoms with Crippen LogP contribution in [-0.4, -0.2) is 79.8 Å². The second kappa shape index (κ2) is 11.1. The molecule has 9 nitrogen and oxygen atoms in total. The molecular weight excluding hydrogens is 544 g/mol. The van der Waals surface area contributed by atoms with E-state index in [4.69, 9.17) is 4.74 Å². The number of aliphatic hydroxyl groups excluding tert-OH is 1. The van der Waals surface area contributed by atoms with Gasteiger partial charge in [-0.25, -0.2) is 18.9 Å². The largest absolute Gasteiger partial charge is 0.481 e. The highest BCUT2D eigenvalue weighted by Gasteiger charge is 2.40. The number of hydrogen-bond donors (Lipinski definition) is 1. The van der Waals surface area contributed by atoms with Gasteiger partial charge in [0, 0.05) is 54.6 Å². The number of piperazine rings is 1. The number of carbonyl (C=O) groups is 1. The van der Waals surface area contributed by atoms with Gasteiger partial charge in [-0.15, -0.1) is 0 Å². The Kier molecular flexibility index (Phi) is 7.66. The molecule has 0 spiro atoms. The highest BCUT2D eigenvalue weighted by Crippen LogP contribution is 2.37. The molecule has 2 atom stereocenters. The molecule has 0 radical (unpaired) electrons. The van der Waals surface area contributed by atoms with Gasteiger partial charge >= 0.3 is 6.18 Å². The molecule has 1 saturated heterocycles. The quantitative estimate of drug-likeness (QED) is 0.347. The lowest BCUT2D eigenvalue weighted by atomic mass is 10.0. The van der Waals surface area contributed by atoms with E-state index in [9.17, 15) is 27.5 Å². The van der Waals surface area contributed by atoms with Gasteiger partial charge in [0.05, 0.1) is 31.6 Å². The first-order valence-electron chi connectivity index (χ1n) is 12.9. The zero-order valence-electron chi connectivity index (χ0n) is 22.6. The van der Waals surface area contributed by atoms with Crippen LogP contribution in [0.2, 0.25) is 0 Å². The van der Waals surface area contributed by atoms with Gasteiger partial charge < -0.3 is 14.7 Å². The lowest BCUT2D eigenvalue weighted by molar-refractivity contribution is -0.143. The molecule has 41 heavy (non-hydrogen) atoms. The van der Waals surface area contributed by atoms with Crippen LogP contribution >= 0.6 is 0 Å². The average Bonchev–Trinajstić information content (AvgIpc) is 3.36. The molecule has 0 saturated carbocycles. The standard InChI is InChI=1S/C28H28F4N6O3/c1-16-14-36(22(15-39)19-6-4-5-7-21(19)29)10-11-37(16)27(40)20-13-34-38-25(28(30,31)32)17(2)24(35-26(20)38)18-8-9-23(41-3)33-12-18/h4-9,12-13,16,22,39H,10-11,14-15H2,1-3H3/t16-,22+/m1/s1. The number of ether oxygens (including phenoxy) is 1. The predicted octanol–water partition coefficient (Wildman–Crippen LogP) is 4.15. The molecule has 1 aliphatic rings. The van der Waals surface area contributed by atoms with Crippen LogP contribution in [0.5, 0.6) is 5.88 Å². The van der Waals surface area contributed by atoms with Gasteiger partial charge in [0.1, 0.15) is 11.4 Å². The van der Waals surface area contributed by atoms with E-state index in [-0.39, 0.29) is 41.5 Å². The summed E-state index contributed by atoms with van der Waals surface area (Å²) in [4.78, 5) is 25.7. The first kappa shape index (κ1) is 28.4. The van der Waals surface area contributed by atoms with Crippen LogP contribution in [0.15, 0.2) is 48.8 Å². The number of fused-ring (bicyclic) bond motifs is 1. The summed E-state index contributed by atoms with van der Waals surface area (Å²) in [5, 5.41) is 14.0. The van der Waals surface area contributed by atoms with Crippen molar-refractivity contribution in [2.75, 3.05) is 33.4 Å². The zero-order chi connectivity index (χ0) is 29.5. The van der Waals surface area contributed by atoms with Gasteiger partial charge in [-0.3, -0.25) is 9.69 Å². The number of halogens is 4. The van der Waals surface area contributed by atoms with Crippen molar-refractivity contribution in [1.29, 1.82) is 0 Å². The first-order chi connectivity index (χ1) is 19.5. The van der Waals surface area contributed by atoms with E-state index in [2.05, 4.69) is 15.1 Å². The summed E-state index contributed by atoms with van der Waals surface area (Å²) in [6, 6.07) is 8.25. The number of amides is 1. The summed E-state index contributed by atoms with van der Waals surface area (Å²) in [6.07, 6.45) is -2.32. The van der Waals surface area contributed by atoms with E-state index in [0.29, 0.717) is 28.7 Å². The van der Waals surface area contributed by atoms with Crippen LogP contribution in [0.1, 0.15) is 40.1 Å². The highest BCUT2D eigenvalue weighted by molar-refractivity contribution is 6.00. The van der Waals surface area contributed by atoms with Crippen molar-refractivity contribution in [3.8, 4) is 17.1 Å². The Morgan fingerprint density at radius 3 is 2.54 bits per heavy atom. The topological polar surface area (TPSA) is 96.1 Å². The Labute approximate surface area is 233 Å². The molecule has 13 heteroatoms. The number of aliphatic hydroxyl groups is 1. The Hall–Kier alpha value is -4.10. The number of aromatic nitrogens is 4. The van der Waals surface area contributed by atoms with Crippen LogP contribution in [0.25, 0.3) is 16.9 Å². The van der Waals surface area contributed by atoms with E-state index < -0.39 is 35.7 Å². The number of carbonyl (C=O) groups excluding carboxylic acids is 1. The van der Waals surface area contributed by atoms with Gasteiger partial charge in [-0.2, -0.15) is 18.3 Å². The van der Waals surface area contributed by atoms with Crippen LogP contribution < -0.4 is 4.74 Å². The maximum atomic E-state index is 14.4. The van der Waals surface area contributed by atoms with Crippen molar-refractivity contribution in [2.24, 2.45) is 0 Å². The lowest BCUT2D eigenvalue weighted by Crippen LogP contribution is -2.55. The normalized spacial score (nSPS) is 17.2. The zero-order valence-corrected chi connectivity index (χ0v) is 22.6. The molecule has 0 aliphatic carbocycles. The minimum absolute atomic E-state index is 0.0167. The molecule has 3 aromatic heterocycles. The summed E-state index contributed by atoms with van der Waals surface area (Å²) in [5.41, 5.74) is -0.821. The first-order valence-corrected chi connectivity index (χ1v) is 12.9. The van der Waals surface area contributed by atoms with E-state index in [1.54, 1.807) is 31.2 Å². The smallest absolute Gasteiger partial charge is 0.433 e. The summed E-state index contributed by atoms with van der Waals surface area (Å²) in [5.74, 6) is -0.675. The maximum Gasteiger partial charge on any atom is 0.433 e. The Bertz CT molecular complexity index is 1570. The molecule has 216 valence electrons. The summed E-state index contributed by atoms with van der Waals surface area (Å²) >= 11 is 0. The number of alkyl halides is 3. The molecular formula is C28H28F4N6O3. The monoisotopic (exact) mass is 572 g/mol. The molecule has 1 fully saturated rings. The minimum atomic E-state index is -4.78. The number of nitrogens with zero attached hydrogens (tertiary/aromatic N) is 6. The predicted molar refractivity (Wildman–Crippen MR) is 141 cm³/mol. The van der Waals surface area contributed by atoms with Crippen molar-refractivity contribution in [1.82, 2.24) is 29.4 Å². The third-order valence-corrected chi connectivity index (χ3v) is 7.40. The average molecular weight is 573 g/mol. The molecule has 1 N–H and O–H groups in total. The molecule has 1 aromatic carbocycles. The second-order valence-electron chi connectivity index (χ2n) is 9.88. The summed E-state index contributed by atoms with van der Waals surface area (Å²) in [6.45, 7) is 3.61. The third kappa shape index (κ3) is 5.22. The highest BCUT2D eigenvalue weighted by atomic mass is 19.4. The number of methoxy groups -OCH3 is 1. The van der Waals surface area contributed by atoms with Gasteiger partial charge in [0.15, 0.2) is 11.3 Å². The SMILES string of the molecule is COc1ccc(-c2nc3c(C(=O)N4CCN([C@@H](CO)c5ccccc5F)C[C@H]4C)cnn3c(C(F)(F)F)c2C)cn1. The molecule has 4 aromatic rings. The summed E-state index contributed by atoms with van der Waals surface area (Å²) < 4.78 is 63.0. The number of hydrogen-bond acceptors (Lipinski definition) is 7. The molecule has 4 heterocycles. The van der Waals surface area contributed by atoms with Gasteiger partial charge in [-0.05, 0) is 26.0 Å². The Morgan fingerprint density at radius 2 is 1.93 bits per heavy atom. The number of benzene rings is 1. The minimum Gasteiger partial charge on any atom is -0.481 e. The van der Waals surface area contributed by atoms with Gasteiger partial charge in [0.2, 0.25) is 5.88 Å². The Balaban J connectivity index is 1.49. The van der Waals surface area contributed by atoms with Crippen molar-refractivity contribution in [2.45, 2.75) is 32.1 Å². The van der Waals surface area contributed by atoms with Crippen LogP contribution in [-0.2, 0) is 6.18 Å². The fraction of sp³-hybridized carbons (Fsp3) is 0.357. The van der Waals surface area contributed by atoms with Crippen molar-refractivity contribution in [3.63, 3.8) is 0 Å². The molecule has 1 aliphatic heterocycles. The molecule has 1 amide bonds. The number of rotatable bonds is 6. The van der Waals surface area contributed by atoms with Crippen LogP contribution in [0.4, 0.5) is 17.6 Å². The van der Waals surface area contributed by atoms with Crippen LogP contribution in [0.3, 0.4) is 0 Å². The maximum absolute atomic E-state index is 14.4. The lowest BCUT2D eigenvalue weighted by Gasteiger charge is -2.43. The fourth-order valence-electron chi connectivity index (χ4n) is 5.36. The molecule has 0 unspecified atom stereocenters. The van der Waals surface area contributed by atoms with Gasteiger partial charge in [-0.1, -0.05) is 18.2 Å². The van der Waals surface area contributed by atoms with Crippen molar-refractivity contribution < 1.29 is 32.2 Å². The Morgan fingerprint density at radius 1 is 1.17 bits per heavy atom. The van der Waals surface area contributed by atoms with E-state index in [1.807, 2.05) is 4.90 Å².